The molecule has 0 saturated carbocycles. The first-order valence-corrected chi connectivity index (χ1v) is 8.50. The summed E-state index contributed by atoms with van der Waals surface area (Å²) in [6, 6.07) is 7.36. The van der Waals surface area contributed by atoms with Crippen molar-refractivity contribution in [3.63, 3.8) is 0 Å². The summed E-state index contributed by atoms with van der Waals surface area (Å²) < 4.78 is 6.56. The first-order chi connectivity index (χ1) is 10.3. The number of benzene rings is 1. The van der Waals surface area contributed by atoms with Crippen LogP contribution in [0.2, 0.25) is 0 Å². The van der Waals surface area contributed by atoms with Crippen LogP contribution in [0.4, 0.5) is 0 Å². The number of aryl methyl sites for hydroxylation is 1. The molecule has 3 aliphatic rings. The van der Waals surface area contributed by atoms with E-state index in [4.69, 9.17) is 4.74 Å². The Morgan fingerprint density at radius 1 is 1.19 bits per heavy atom. The molecule has 1 N–H and O–H groups in total. The Bertz CT molecular complexity index is 516. The van der Waals surface area contributed by atoms with Crippen molar-refractivity contribution >= 4 is 0 Å². The van der Waals surface area contributed by atoms with Crippen molar-refractivity contribution in [2.75, 3.05) is 26.2 Å². The fourth-order valence-corrected chi connectivity index (χ4v) is 4.31. The van der Waals surface area contributed by atoms with E-state index in [9.17, 15) is 0 Å². The molecule has 1 spiro atoms. The van der Waals surface area contributed by atoms with Gasteiger partial charge in [0, 0.05) is 18.0 Å². The molecule has 114 valence electrons. The van der Waals surface area contributed by atoms with E-state index in [0.717, 1.165) is 31.7 Å². The number of rotatable bonds is 1. The summed E-state index contributed by atoms with van der Waals surface area (Å²) in [5, 5.41) is 3.48. The van der Waals surface area contributed by atoms with Gasteiger partial charge in [-0.15, -0.1) is 0 Å². The molecule has 3 aliphatic heterocycles. The van der Waals surface area contributed by atoms with Gasteiger partial charge in [0.05, 0.1) is 0 Å². The molecule has 1 unspecified atom stereocenters. The Kier molecular flexibility index (Phi) is 3.43. The lowest BCUT2D eigenvalue weighted by atomic mass is 9.80. The highest BCUT2D eigenvalue weighted by molar-refractivity contribution is 5.42. The number of nitrogens with one attached hydrogen (secondary N) is 1. The van der Waals surface area contributed by atoms with E-state index < -0.39 is 0 Å². The Morgan fingerprint density at radius 2 is 1.95 bits per heavy atom. The molecule has 0 bridgehead atoms. The third kappa shape index (κ3) is 2.47. The Morgan fingerprint density at radius 3 is 2.71 bits per heavy atom. The van der Waals surface area contributed by atoms with Crippen LogP contribution >= 0.6 is 0 Å². The van der Waals surface area contributed by atoms with Gasteiger partial charge in [0.1, 0.15) is 11.4 Å². The van der Waals surface area contributed by atoms with E-state index in [1.54, 1.807) is 0 Å². The molecule has 1 aromatic carbocycles. The highest BCUT2D eigenvalue weighted by Gasteiger charge is 2.43. The van der Waals surface area contributed by atoms with Gasteiger partial charge in [0.25, 0.3) is 0 Å². The molecule has 1 aromatic rings. The second-order valence-corrected chi connectivity index (χ2v) is 7.04. The fraction of sp³-hybridized carbons (Fsp3) is 0.667. The molecular formula is C18H26N2O. The van der Waals surface area contributed by atoms with Crippen LogP contribution in [0.5, 0.6) is 5.75 Å². The monoisotopic (exact) mass is 286 g/mol. The second-order valence-electron chi connectivity index (χ2n) is 7.04. The summed E-state index contributed by atoms with van der Waals surface area (Å²) in [5.74, 6) is 1.15. The van der Waals surface area contributed by atoms with Crippen LogP contribution in [0, 0.1) is 6.92 Å². The molecule has 4 rings (SSSR count). The van der Waals surface area contributed by atoms with Crippen molar-refractivity contribution < 1.29 is 4.74 Å². The van der Waals surface area contributed by atoms with Crippen LogP contribution in [0.3, 0.4) is 0 Å². The van der Waals surface area contributed by atoms with Gasteiger partial charge < -0.3 is 10.1 Å². The zero-order chi connectivity index (χ0) is 14.3. The smallest absolute Gasteiger partial charge is 0.125 e. The number of hydrogen-bond donors (Lipinski definition) is 1. The third-order valence-electron chi connectivity index (χ3n) is 5.52. The van der Waals surface area contributed by atoms with E-state index >= 15 is 0 Å². The van der Waals surface area contributed by atoms with Gasteiger partial charge in [-0.3, -0.25) is 4.90 Å². The minimum Gasteiger partial charge on any atom is -0.487 e. The molecule has 3 nitrogen and oxygen atoms in total. The summed E-state index contributed by atoms with van der Waals surface area (Å²) in [7, 11) is 0. The van der Waals surface area contributed by atoms with Crippen molar-refractivity contribution in [3.05, 3.63) is 29.3 Å². The average molecular weight is 286 g/mol. The van der Waals surface area contributed by atoms with Crippen molar-refractivity contribution in [1.82, 2.24) is 10.2 Å². The van der Waals surface area contributed by atoms with Gasteiger partial charge in [-0.1, -0.05) is 12.1 Å². The van der Waals surface area contributed by atoms with Gasteiger partial charge in [-0.05, 0) is 70.4 Å². The van der Waals surface area contributed by atoms with Crippen LogP contribution in [0.15, 0.2) is 18.2 Å². The molecule has 2 fully saturated rings. The Labute approximate surface area is 127 Å². The lowest BCUT2D eigenvalue weighted by Crippen LogP contribution is -2.51. The molecule has 0 aromatic heterocycles. The van der Waals surface area contributed by atoms with Gasteiger partial charge in [-0.25, -0.2) is 0 Å². The number of nitrogens with zero attached hydrogens (tertiary/aromatic N) is 1. The molecule has 0 amide bonds. The normalized spacial score (nSPS) is 28.3. The number of fused-ring (bicyclic) bond motifs is 1. The Balaban J connectivity index is 1.71. The summed E-state index contributed by atoms with van der Waals surface area (Å²) >= 11 is 0. The van der Waals surface area contributed by atoms with E-state index in [2.05, 4.69) is 35.3 Å². The van der Waals surface area contributed by atoms with Gasteiger partial charge in [0.2, 0.25) is 0 Å². The summed E-state index contributed by atoms with van der Waals surface area (Å²) in [5.41, 5.74) is 2.80. The molecule has 3 heterocycles. The van der Waals surface area contributed by atoms with Crippen LogP contribution < -0.4 is 10.1 Å². The maximum Gasteiger partial charge on any atom is 0.125 e. The van der Waals surface area contributed by atoms with E-state index in [0.29, 0.717) is 6.04 Å². The molecule has 0 radical (unpaired) electrons. The molecule has 21 heavy (non-hydrogen) atoms. The van der Waals surface area contributed by atoms with Gasteiger partial charge >= 0.3 is 0 Å². The average Bonchev–Trinajstić information content (AvgIpc) is 3.01. The van der Waals surface area contributed by atoms with Crippen molar-refractivity contribution in [2.45, 2.75) is 50.7 Å². The minimum atomic E-state index is 0.0687. The van der Waals surface area contributed by atoms with Crippen LogP contribution in [0.1, 0.15) is 49.3 Å². The van der Waals surface area contributed by atoms with Crippen molar-refractivity contribution in [1.29, 1.82) is 0 Å². The highest BCUT2D eigenvalue weighted by Crippen LogP contribution is 2.46. The first kappa shape index (κ1) is 13.6. The summed E-state index contributed by atoms with van der Waals surface area (Å²) in [4.78, 5) is 2.69. The maximum absolute atomic E-state index is 6.56. The third-order valence-corrected chi connectivity index (χ3v) is 5.52. The lowest BCUT2D eigenvalue weighted by molar-refractivity contribution is -0.0160. The highest BCUT2D eigenvalue weighted by atomic mass is 16.5. The van der Waals surface area contributed by atoms with E-state index in [1.807, 2.05) is 0 Å². The predicted octanol–water partition coefficient (Wildman–Crippen LogP) is 3.04. The zero-order valence-electron chi connectivity index (χ0n) is 13.0. The van der Waals surface area contributed by atoms with Crippen molar-refractivity contribution in [3.8, 4) is 5.75 Å². The number of ether oxygens (including phenoxy) is 1. The minimum absolute atomic E-state index is 0.0687. The molecular weight excluding hydrogens is 260 g/mol. The summed E-state index contributed by atoms with van der Waals surface area (Å²) in [6.45, 7) is 6.86. The van der Waals surface area contributed by atoms with E-state index in [-0.39, 0.29) is 5.60 Å². The standard InChI is InChI=1S/C18H26N2O/c1-14-4-5-15-16(20-10-2-3-11-20)13-18(21-17(15)12-14)6-8-19-9-7-18/h4-5,12,16,19H,2-3,6-11,13H2,1H3. The van der Waals surface area contributed by atoms with Crippen molar-refractivity contribution in [2.24, 2.45) is 0 Å². The predicted molar refractivity (Wildman–Crippen MR) is 84.8 cm³/mol. The number of likely N-dealkylation sites (tertiary alicyclic amines) is 1. The molecule has 1 atom stereocenters. The van der Waals surface area contributed by atoms with Gasteiger partial charge in [0.15, 0.2) is 0 Å². The SMILES string of the molecule is Cc1ccc2c(c1)OC1(CCNCC1)CC2N1CCCC1. The Hall–Kier alpha value is -1.06. The van der Waals surface area contributed by atoms with Gasteiger partial charge in [-0.2, -0.15) is 0 Å². The molecule has 0 aliphatic carbocycles. The van der Waals surface area contributed by atoms with Crippen LogP contribution in [-0.4, -0.2) is 36.7 Å². The maximum atomic E-state index is 6.56. The quantitative estimate of drug-likeness (QED) is 0.859. The lowest BCUT2D eigenvalue weighted by Gasteiger charge is -2.47. The summed E-state index contributed by atoms with van der Waals surface area (Å²) in [6.07, 6.45) is 6.17. The molecule has 3 heteroatoms. The number of piperidine rings is 1. The largest absolute Gasteiger partial charge is 0.487 e. The fourth-order valence-electron chi connectivity index (χ4n) is 4.31. The molecule has 2 saturated heterocycles. The number of hydrogen-bond acceptors (Lipinski definition) is 3. The van der Waals surface area contributed by atoms with E-state index in [1.165, 1.54) is 43.5 Å². The van der Waals surface area contributed by atoms with Crippen LogP contribution in [0.25, 0.3) is 0 Å². The topological polar surface area (TPSA) is 24.5 Å². The second kappa shape index (κ2) is 5.29. The first-order valence-electron chi connectivity index (χ1n) is 8.50. The van der Waals surface area contributed by atoms with Crippen LogP contribution in [-0.2, 0) is 0 Å². The zero-order valence-corrected chi connectivity index (χ0v) is 13.0.